The Bertz CT molecular complexity index is 928. The Balaban J connectivity index is 1.79. The summed E-state index contributed by atoms with van der Waals surface area (Å²) >= 11 is 0. The van der Waals surface area contributed by atoms with Gasteiger partial charge in [-0.2, -0.15) is 0 Å². The van der Waals surface area contributed by atoms with Gasteiger partial charge >= 0.3 is 0 Å². The van der Waals surface area contributed by atoms with Crippen LogP contribution in [0.4, 0.5) is 0 Å². The van der Waals surface area contributed by atoms with Gasteiger partial charge in [-0.15, -0.1) is 6.58 Å². The van der Waals surface area contributed by atoms with E-state index in [1.807, 2.05) is 48.5 Å². The lowest BCUT2D eigenvalue weighted by molar-refractivity contribution is 0.0214. The van der Waals surface area contributed by atoms with E-state index in [2.05, 4.69) is 6.58 Å². The zero-order valence-corrected chi connectivity index (χ0v) is 16.2. The molecule has 4 heteroatoms. The number of furan rings is 1. The van der Waals surface area contributed by atoms with Gasteiger partial charge in [-0.3, -0.25) is 0 Å². The second kappa shape index (κ2) is 9.92. The molecule has 0 radical (unpaired) electrons. The third kappa shape index (κ3) is 5.25. The number of phenolic OH excluding ortho intramolecular Hbond substituents is 1. The molecule has 2 aromatic carbocycles. The van der Waals surface area contributed by atoms with Crippen LogP contribution in [0.1, 0.15) is 35.8 Å². The Morgan fingerprint density at radius 2 is 1.69 bits per heavy atom. The molecule has 150 valence electrons. The number of aromatic hydroxyl groups is 1. The van der Waals surface area contributed by atoms with Crippen LogP contribution in [0.3, 0.4) is 0 Å². The van der Waals surface area contributed by atoms with E-state index >= 15 is 0 Å². The molecule has 0 aliphatic heterocycles. The first-order valence-electron chi connectivity index (χ1n) is 9.66. The van der Waals surface area contributed by atoms with Crippen LogP contribution in [0.25, 0.3) is 11.6 Å². The molecule has 3 atom stereocenters. The van der Waals surface area contributed by atoms with E-state index in [1.54, 1.807) is 30.3 Å². The summed E-state index contributed by atoms with van der Waals surface area (Å²) < 4.78 is 5.27. The zero-order valence-electron chi connectivity index (χ0n) is 16.2. The maximum absolute atomic E-state index is 10.7. The Kier molecular flexibility index (Phi) is 7.06. The minimum atomic E-state index is -0.958. The number of hydrogen-bond donors (Lipinski definition) is 3. The third-order valence-electron chi connectivity index (χ3n) is 5.04. The molecular formula is C25H26O4. The lowest BCUT2D eigenvalue weighted by atomic mass is 9.89. The molecule has 0 amide bonds. The van der Waals surface area contributed by atoms with Crippen molar-refractivity contribution in [3.63, 3.8) is 0 Å². The summed E-state index contributed by atoms with van der Waals surface area (Å²) in [4.78, 5) is 0. The van der Waals surface area contributed by atoms with E-state index in [4.69, 9.17) is 4.42 Å². The summed E-state index contributed by atoms with van der Waals surface area (Å²) in [6.45, 7) is 3.77. The predicted molar refractivity (Wildman–Crippen MR) is 115 cm³/mol. The highest BCUT2D eigenvalue weighted by molar-refractivity contribution is 5.82. The highest BCUT2D eigenvalue weighted by Gasteiger charge is 2.27. The molecule has 0 aliphatic carbocycles. The first-order valence-corrected chi connectivity index (χ1v) is 9.66. The standard InChI is InChI=1S/C25H26O4/c1-2-21(25(28)24-13-8-16-29-24)23(27)15-14-19(18-9-4-3-5-10-18)17-20-11-6-7-12-22(20)26/h2-13,16-17,21,23,25-28H,1,14-15H2/b19-17-/t21-,23-,25+/m1/s1. The van der Waals surface area contributed by atoms with Crippen LogP contribution in [0.15, 0.2) is 90.1 Å². The van der Waals surface area contributed by atoms with Gasteiger partial charge in [0.2, 0.25) is 0 Å². The number of phenols is 1. The van der Waals surface area contributed by atoms with Crippen molar-refractivity contribution in [1.82, 2.24) is 0 Å². The lowest BCUT2D eigenvalue weighted by Gasteiger charge is -2.24. The highest BCUT2D eigenvalue weighted by atomic mass is 16.4. The third-order valence-corrected chi connectivity index (χ3v) is 5.04. The number of rotatable bonds is 9. The molecule has 3 aromatic rings. The second-order valence-electron chi connectivity index (χ2n) is 6.97. The highest BCUT2D eigenvalue weighted by Crippen LogP contribution is 2.31. The molecule has 0 spiro atoms. The Morgan fingerprint density at radius 3 is 2.34 bits per heavy atom. The number of aliphatic hydroxyl groups excluding tert-OH is 2. The van der Waals surface area contributed by atoms with Gasteiger partial charge in [-0.1, -0.05) is 54.6 Å². The predicted octanol–water partition coefficient (Wildman–Crippen LogP) is 5.20. The van der Waals surface area contributed by atoms with Gasteiger partial charge < -0.3 is 19.7 Å². The molecule has 4 nitrogen and oxygen atoms in total. The summed E-state index contributed by atoms with van der Waals surface area (Å²) in [5.41, 5.74) is 2.72. The van der Waals surface area contributed by atoms with E-state index in [-0.39, 0.29) is 5.75 Å². The van der Waals surface area contributed by atoms with Gasteiger partial charge in [0.15, 0.2) is 0 Å². The molecule has 3 rings (SSSR count). The summed E-state index contributed by atoms with van der Waals surface area (Å²) in [6.07, 6.45) is 4.21. The van der Waals surface area contributed by atoms with E-state index in [0.29, 0.717) is 18.6 Å². The molecule has 0 bridgehead atoms. The van der Waals surface area contributed by atoms with E-state index in [1.165, 1.54) is 6.26 Å². The molecule has 1 aromatic heterocycles. The first-order chi connectivity index (χ1) is 14.1. The fourth-order valence-corrected chi connectivity index (χ4v) is 3.39. The van der Waals surface area contributed by atoms with Crippen LogP contribution >= 0.6 is 0 Å². The number of benzene rings is 2. The number of hydrogen-bond acceptors (Lipinski definition) is 4. The van der Waals surface area contributed by atoms with Gasteiger partial charge in [0, 0.05) is 11.5 Å². The first kappa shape index (κ1) is 20.6. The smallest absolute Gasteiger partial charge is 0.132 e. The number of aliphatic hydroxyl groups is 2. The summed E-state index contributed by atoms with van der Waals surface area (Å²) in [5, 5.41) is 31.4. The van der Waals surface area contributed by atoms with E-state index < -0.39 is 18.1 Å². The summed E-state index contributed by atoms with van der Waals surface area (Å²) in [7, 11) is 0. The molecule has 29 heavy (non-hydrogen) atoms. The van der Waals surface area contributed by atoms with E-state index in [0.717, 1.165) is 16.7 Å². The normalized spacial score (nSPS) is 14.9. The molecular weight excluding hydrogens is 364 g/mol. The average molecular weight is 390 g/mol. The van der Waals surface area contributed by atoms with Crippen molar-refractivity contribution in [3.05, 3.63) is 103 Å². The van der Waals surface area contributed by atoms with Crippen LogP contribution in [0.5, 0.6) is 5.75 Å². The van der Waals surface area contributed by atoms with Crippen molar-refractivity contribution in [1.29, 1.82) is 0 Å². The van der Waals surface area contributed by atoms with Crippen LogP contribution in [0, 0.1) is 5.92 Å². The quantitative estimate of drug-likeness (QED) is 0.347. The van der Waals surface area contributed by atoms with Crippen LogP contribution in [0.2, 0.25) is 0 Å². The van der Waals surface area contributed by atoms with Gasteiger partial charge in [0.1, 0.15) is 17.6 Å². The molecule has 0 saturated carbocycles. The molecule has 1 heterocycles. The van der Waals surface area contributed by atoms with Crippen LogP contribution in [-0.2, 0) is 0 Å². The van der Waals surface area contributed by atoms with Crippen molar-refractivity contribution in [3.8, 4) is 5.75 Å². The summed E-state index contributed by atoms with van der Waals surface area (Å²) in [6, 6.07) is 20.4. The van der Waals surface area contributed by atoms with Crippen molar-refractivity contribution >= 4 is 11.6 Å². The number of allylic oxidation sites excluding steroid dienone is 1. The minimum absolute atomic E-state index is 0.207. The van der Waals surface area contributed by atoms with Gasteiger partial charge in [0.05, 0.1) is 12.4 Å². The van der Waals surface area contributed by atoms with Crippen LogP contribution in [-0.4, -0.2) is 21.4 Å². The molecule has 0 aliphatic rings. The van der Waals surface area contributed by atoms with Gasteiger partial charge in [-0.25, -0.2) is 0 Å². The Labute approximate surface area is 171 Å². The van der Waals surface area contributed by atoms with Gasteiger partial charge in [0.25, 0.3) is 0 Å². The SMILES string of the molecule is C=C[C@H]([C@H](O)CC/C(=C/c1ccccc1O)c1ccccc1)[C@H](O)c1ccco1. The topological polar surface area (TPSA) is 73.8 Å². The largest absolute Gasteiger partial charge is 0.507 e. The average Bonchev–Trinajstić information content (AvgIpc) is 3.28. The monoisotopic (exact) mass is 390 g/mol. The van der Waals surface area contributed by atoms with Gasteiger partial charge in [-0.05, 0) is 48.3 Å². The molecule has 0 fully saturated rings. The van der Waals surface area contributed by atoms with Crippen molar-refractivity contribution < 1.29 is 19.7 Å². The molecule has 0 unspecified atom stereocenters. The summed E-state index contributed by atoms with van der Waals surface area (Å²) in [5.74, 6) is 0.0592. The fourth-order valence-electron chi connectivity index (χ4n) is 3.39. The zero-order chi connectivity index (χ0) is 20.6. The Morgan fingerprint density at radius 1 is 0.966 bits per heavy atom. The molecule has 0 saturated heterocycles. The lowest BCUT2D eigenvalue weighted by Crippen LogP contribution is -2.24. The van der Waals surface area contributed by atoms with E-state index in [9.17, 15) is 15.3 Å². The maximum atomic E-state index is 10.7. The fraction of sp³-hybridized carbons (Fsp3) is 0.200. The molecule has 3 N–H and O–H groups in total. The van der Waals surface area contributed by atoms with Crippen molar-refractivity contribution in [2.75, 3.05) is 0 Å². The maximum Gasteiger partial charge on any atom is 0.132 e. The van der Waals surface area contributed by atoms with Crippen molar-refractivity contribution in [2.24, 2.45) is 5.92 Å². The van der Waals surface area contributed by atoms with Crippen molar-refractivity contribution in [2.45, 2.75) is 25.0 Å². The second-order valence-corrected chi connectivity index (χ2v) is 6.97. The number of para-hydroxylation sites is 1. The minimum Gasteiger partial charge on any atom is -0.507 e. The van der Waals surface area contributed by atoms with Crippen LogP contribution < -0.4 is 0 Å². The Hall–Kier alpha value is -3.08.